The van der Waals surface area contributed by atoms with Crippen LogP contribution in [-0.4, -0.2) is 103 Å². The third-order valence-corrected chi connectivity index (χ3v) is 10.9. The molecule has 4 aliphatic heterocycles. The number of benzene rings is 2. The molecule has 6 amide bonds. The van der Waals surface area contributed by atoms with E-state index < -0.39 is 70.8 Å². The van der Waals surface area contributed by atoms with Crippen LogP contribution in [0.4, 0.5) is 0 Å². The summed E-state index contributed by atoms with van der Waals surface area (Å²) in [6.45, 7) is 5.55. The molecule has 2 aromatic carbocycles. The van der Waals surface area contributed by atoms with Gasteiger partial charge in [0.2, 0.25) is 29.5 Å². The summed E-state index contributed by atoms with van der Waals surface area (Å²) in [5.74, 6) is -2.90. The summed E-state index contributed by atoms with van der Waals surface area (Å²) < 4.78 is 32.3. The molecule has 274 valence electrons. The SMILES string of the molecule is CC(C)C[C@@H]1NC(=O)[C@@H](C)NC(=O)[C@@H](NC(=O)CCN2C(=O)c3ccccc3S2(=O)=O)Cc2ccc(cc2)OCCNC(=O)[C@H]2CCCN2C1=O. The predicted molar refractivity (Wildman–Crippen MR) is 184 cm³/mol. The number of fused-ring (bicyclic) bond motifs is 15. The van der Waals surface area contributed by atoms with Crippen LogP contribution < -0.4 is 26.0 Å². The van der Waals surface area contributed by atoms with Crippen LogP contribution in [0.5, 0.6) is 5.75 Å². The van der Waals surface area contributed by atoms with Crippen LogP contribution in [0.15, 0.2) is 53.4 Å². The Morgan fingerprint density at radius 1 is 0.980 bits per heavy atom. The molecule has 0 aliphatic carbocycles. The molecule has 0 aromatic heterocycles. The quantitative estimate of drug-likeness (QED) is 0.327. The van der Waals surface area contributed by atoms with Crippen molar-refractivity contribution in [2.75, 3.05) is 26.2 Å². The number of carbonyl (C=O) groups is 6. The lowest BCUT2D eigenvalue weighted by molar-refractivity contribution is -0.142. The lowest BCUT2D eigenvalue weighted by Crippen LogP contribution is -2.58. The summed E-state index contributed by atoms with van der Waals surface area (Å²) in [5, 5.41) is 10.9. The van der Waals surface area contributed by atoms with Crippen molar-refractivity contribution in [2.24, 2.45) is 5.92 Å². The molecule has 51 heavy (non-hydrogen) atoms. The zero-order valence-corrected chi connectivity index (χ0v) is 29.7. The molecule has 15 nitrogen and oxygen atoms in total. The van der Waals surface area contributed by atoms with Crippen LogP contribution >= 0.6 is 0 Å². The van der Waals surface area contributed by atoms with Crippen molar-refractivity contribution in [3.63, 3.8) is 0 Å². The second-order valence-corrected chi connectivity index (χ2v) is 15.2. The summed E-state index contributed by atoms with van der Waals surface area (Å²) in [6.07, 6.45) is 1.00. The van der Waals surface area contributed by atoms with E-state index in [1.807, 2.05) is 13.8 Å². The highest BCUT2D eigenvalue weighted by Gasteiger charge is 2.41. The number of hydrogen-bond donors (Lipinski definition) is 4. The second kappa shape index (κ2) is 15.9. The number of nitrogens with one attached hydrogen (secondary N) is 4. The Hall–Kier alpha value is -4.99. The molecule has 4 atom stereocenters. The maximum Gasteiger partial charge on any atom is 0.269 e. The van der Waals surface area contributed by atoms with E-state index in [1.165, 1.54) is 30.0 Å². The summed E-state index contributed by atoms with van der Waals surface area (Å²) in [4.78, 5) is 81.2. The van der Waals surface area contributed by atoms with Gasteiger partial charge in [-0.3, -0.25) is 28.8 Å². The highest BCUT2D eigenvalue weighted by atomic mass is 32.2. The monoisotopic (exact) mass is 724 g/mol. The van der Waals surface area contributed by atoms with Gasteiger partial charge in [-0.1, -0.05) is 38.1 Å². The Kier molecular flexibility index (Phi) is 11.6. The number of nitrogens with zero attached hydrogens (tertiary/aromatic N) is 2. The maximum absolute atomic E-state index is 13.7. The molecule has 4 N–H and O–H groups in total. The summed E-state index contributed by atoms with van der Waals surface area (Å²) >= 11 is 0. The maximum atomic E-state index is 13.7. The molecule has 2 aromatic rings. The minimum atomic E-state index is -4.13. The third-order valence-electron chi connectivity index (χ3n) is 9.05. The molecular weight excluding hydrogens is 680 g/mol. The predicted octanol–water partition coefficient (Wildman–Crippen LogP) is 0.484. The summed E-state index contributed by atoms with van der Waals surface area (Å²) in [5.41, 5.74) is 0.661. The topological polar surface area (TPSA) is 200 Å². The van der Waals surface area contributed by atoms with Gasteiger partial charge in [-0.05, 0) is 61.9 Å². The summed E-state index contributed by atoms with van der Waals surface area (Å²) in [7, 11) is -4.13. The van der Waals surface area contributed by atoms with Gasteiger partial charge in [0, 0.05) is 25.9 Å². The van der Waals surface area contributed by atoms with Gasteiger partial charge in [0.05, 0.1) is 12.1 Å². The van der Waals surface area contributed by atoms with E-state index in [-0.39, 0.29) is 47.8 Å². The fourth-order valence-electron chi connectivity index (χ4n) is 6.42. The highest BCUT2D eigenvalue weighted by molar-refractivity contribution is 7.90. The van der Waals surface area contributed by atoms with Crippen molar-refractivity contribution >= 4 is 45.5 Å². The van der Waals surface area contributed by atoms with Gasteiger partial charge in [0.1, 0.15) is 41.4 Å². The van der Waals surface area contributed by atoms with E-state index in [1.54, 1.807) is 30.3 Å². The van der Waals surface area contributed by atoms with Gasteiger partial charge in [-0.25, -0.2) is 12.7 Å². The molecule has 4 heterocycles. The van der Waals surface area contributed by atoms with Crippen LogP contribution in [0.3, 0.4) is 0 Å². The van der Waals surface area contributed by atoms with Crippen LogP contribution in [-0.2, 0) is 40.4 Å². The average molecular weight is 725 g/mol. The third kappa shape index (κ3) is 8.67. The Bertz CT molecular complexity index is 1780. The zero-order valence-electron chi connectivity index (χ0n) is 28.8. The minimum Gasteiger partial charge on any atom is -0.492 e. The van der Waals surface area contributed by atoms with Crippen molar-refractivity contribution in [1.82, 2.24) is 30.5 Å². The molecule has 2 bridgehead atoms. The lowest BCUT2D eigenvalue weighted by Gasteiger charge is -2.30. The van der Waals surface area contributed by atoms with Crippen LogP contribution in [0.2, 0.25) is 0 Å². The first kappa shape index (κ1) is 37.3. The zero-order chi connectivity index (χ0) is 36.9. The van der Waals surface area contributed by atoms with E-state index in [0.717, 1.165) is 0 Å². The van der Waals surface area contributed by atoms with E-state index in [9.17, 15) is 37.2 Å². The Balaban J connectivity index is 1.33. The molecule has 0 unspecified atom stereocenters. The van der Waals surface area contributed by atoms with E-state index in [0.29, 0.717) is 41.4 Å². The molecular formula is C35H44N6O9S. The Labute approximate surface area is 296 Å². The van der Waals surface area contributed by atoms with Gasteiger partial charge in [-0.2, -0.15) is 0 Å². The van der Waals surface area contributed by atoms with Crippen LogP contribution in [0, 0.1) is 5.92 Å². The fraction of sp³-hybridized carbons (Fsp3) is 0.486. The lowest BCUT2D eigenvalue weighted by atomic mass is 10.0. The van der Waals surface area contributed by atoms with Gasteiger partial charge in [-0.15, -0.1) is 0 Å². The largest absolute Gasteiger partial charge is 0.492 e. The number of rotatable bonds is 6. The van der Waals surface area contributed by atoms with Gasteiger partial charge in [0.25, 0.3) is 15.9 Å². The highest BCUT2D eigenvalue weighted by Crippen LogP contribution is 2.30. The van der Waals surface area contributed by atoms with Crippen molar-refractivity contribution in [3.05, 3.63) is 59.7 Å². The summed E-state index contributed by atoms with van der Waals surface area (Å²) in [6, 6.07) is 8.61. The smallest absolute Gasteiger partial charge is 0.269 e. The van der Waals surface area contributed by atoms with Gasteiger partial charge in [0.15, 0.2) is 0 Å². The second-order valence-electron chi connectivity index (χ2n) is 13.3. The first-order valence-corrected chi connectivity index (χ1v) is 18.6. The van der Waals surface area contributed by atoms with Crippen LogP contribution in [0.1, 0.15) is 62.4 Å². The Morgan fingerprint density at radius 2 is 1.71 bits per heavy atom. The average Bonchev–Trinajstić information content (AvgIpc) is 3.66. The molecule has 0 spiro atoms. The van der Waals surface area contributed by atoms with Gasteiger partial charge < -0.3 is 30.9 Å². The normalized spacial score (nSPS) is 24.3. The van der Waals surface area contributed by atoms with Crippen molar-refractivity contribution in [2.45, 2.75) is 81.9 Å². The molecule has 6 rings (SSSR count). The number of ether oxygens (including phenoxy) is 1. The first-order valence-electron chi connectivity index (χ1n) is 17.1. The molecule has 0 radical (unpaired) electrons. The molecule has 0 saturated carbocycles. The molecule has 16 heteroatoms. The Morgan fingerprint density at radius 3 is 2.41 bits per heavy atom. The molecule has 1 fully saturated rings. The minimum absolute atomic E-state index is 0.000552. The van der Waals surface area contributed by atoms with Crippen molar-refractivity contribution < 1.29 is 41.9 Å². The number of carbonyl (C=O) groups excluding carboxylic acids is 6. The fourth-order valence-corrected chi connectivity index (χ4v) is 7.99. The molecule has 1 saturated heterocycles. The van der Waals surface area contributed by atoms with Crippen molar-refractivity contribution in [3.8, 4) is 5.75 Å². The number of sulfonamides is 1. The van der Waals surface area contributed by atoms with Gasteiger partial charge >= 0.3 is 0 Å². The number of amides is 6. The molecule has 4 aliphatic rings. The van der Waals surface area contributed by atoms with E-state index in [4.69, 9.17) is 4.74 Å². The van der Waals surface area contributed by atoms with Crippen LogP contribution in [0.25, 0.3) is 0 Å². The number of hydrogen-bond acceptors (Lipinski definition) is 9. The van der Waals surface area contributed by atoms with Crippen molar-refractivity contribution in [1.29, 1.82) is 0 Å². The van der Waals surface area contributed by atoms with E-state index in [2.05, 4.69) is 21.3 Å². The van der Waals surface area contributed by atoms with E-state index >= 15 is 0 Å². The standard InChI is InChI=1S/C35H44N6O9S/c1-21(2)19-27-35(47)40-16-6-8-28(40)33(45)36-15-18-50-24-12-10-23(11-13-24)20-26(32(44)37-22(3)31(43)39-27)38-30(42)14-17-41-34(46)25-7-4-5-9-29(25)51(41,48)49/h4-5,7,9-13,21-22,26-28H,6,8,14-20H2,1-3H3,(H,36,45)(H,37,44)(H,38,42)(H,39,43)/t22-,26+,27+,28-/m1/s1. The first-order chi connectivity index (χ1) is 24.3.